The van der Waals surface area contributed by atoms with E-state index in [0.29, 0.717) is 37.6 Å². The number of aliphatic hydroxyl groups is 1. The van der Waals surface area contributed by atoms with Gasteiger partial charge in [0.05, 0.1) is 29.6 Å². The van der Waals surface area contributed by atoms with Crippen LogP contribution in [0.2, 0.25) is 5.02 Å². The van der Waals surface area contributed by atoms with Crippen LogP contribution in [0, 0.1) is 5.41 Å². The Hall–Kier alpha value is -5.47. The van der Waals surface area contributed by atoms with Crippen molar-refractivity contribution in [1.82, 2.24) is 34.8 Å². The monoisotopic (exact) mass is 716 g/mol. The minimum atomic E-state index is -2.79. The van der Waals surface area contributed by atoms with Crippen LogP contribution >= 0.6 is 11.6 Å². The van der Waals surface area contributed by atoms with Crippen LogP contribution in [0.25, 0.3) is 16.8 Å². The van der Waals surface area contributed by atoms with Crippen LogP contribution in [0.4, 0.5) is 13.6 Å². The molecule has 2 amide bonds. The Labute approximate surface area is 297 Å². The summed E-state index contributed by atoms with van der Waals surface area (Å²) in [6.07, 6.45) is 4.68. The van der Waals surface area contributed by atoms with Crippen molar-refractivity contribution < 1.29 is 28.2 Å². The Kier molecular flexibility index (Phi) is 9.99. The molecule has 1 fully saturated rings. The number of aliphatic hydroxyl groups excluding tert-OH is 1. The van der Waals surface area contributed by atoms with Gasteiger partial charge in [0.2, 0.25) is 5.96 Å². The molecule has 1 saturated heterocycles. The molecule has 0 saturated carbocycles. The summed E-state index contributed by atoms with van der Waals surface area (Å²) in [6, 6.07) is 19.9. The van der Waals surface area contributed by atoms with Crippen LogP contribution in [0.5, 0.6) is 0 Å². The molecule has 1 aliphatic heterocycles. The number of nitrogens with zero attached hydrogens (tertiary/aromatic N) is 7. The van der Waals surface area contributed by atoms with E-state index >= 15 is 4.79 Å². The molecule has 2 atom stereocenters. The van der Waals surface area contributed by atoms with Gasteiger partial charge in [-0.25, -0.2) is 19.1 Å². The van der Waals surface area contributed by atoms with Crippen LogP contribution in [0.1, 0.15) is 56.5 Å². The topological polar surface area (TPSA) is 140 Å². The second-order valence-corrected chi connectivity index (χ2v) is 13.6. The highest BCUT2D eigenvalue weighted by atomic mass is 35.5. The zero-order valence-corrected chi connectivity index (χ0v) is 28.7. The van der Waals surface area contributed by atoms with E-state index in [1.54, 1.807) is 54.6 Å². The number of benzene rings is 3. The molecule has 51 heavy (non-hydrogen) atoms. The van der Waals surface area contributed by atoms with Crippen molar-refractivity contribution in [2.75, 3.05) is 6.61 Å². The van der Waals surface area contributed by atoms with Gasteiger partial charge in [-0.3, -0.25) is 9.69 Å². The third-order valence-corrected chi connectivity index (χ3v) is 8.67. The maximum absolute atomic E-state index is 15.0. The van der Waals surface area contributed by atoms with Crippen LogP contribution in [0.15, 0.2) is 103 Å². The van der Waals surface area contributed by atoms with Gasteiger partial charge in [-0.2, -0.15) is 19.0 Å². The highest BCUT2D eigenvalue weighted by Crippen LogP contribution is 2.43. The summed E-state index contributed by atoms with van der Waals surface area (Å²) in [7, 11) is 0. The molecular formula is C36H35ClF2N8O4. The summed E-state index contributed by atoms with van der Waals surface area (Å²) in [5, 5.41) is 22.4. The van der Waals surface area contributed by atoms with Crippen LogP contribution in [-0.2, 0) is 21.7 Å². The van der Waals surface area contributed by atoms with Crippen molar-refractivity contribution in [1.29, 1.82) is 0 Å². The third kappa shape index (κ3) is 7.51. The molecule has 12 nitrogen and oxygen atoms in total. The minimum Gasteiger partial charge on any atom is -0.443 e. The molecule has 0 bridgehead atoms. The predicted octanol–water partition coefficient (Wildman–Crippen LogP) is 6.67. The van der Waals surface area contributed by atoms with Gasteiger partial charge in [0, 0.05) is 11.8 Å². The molecule has 0 unspecified atom stereocenters. The van der Waals surface area contributed by atoms with E-state index in [1.165, 1.54) is 34.6 Å². The number of carbonyl (C=O) groups is 2. The molecule has 3 aromatic carbocycles. The van der Waals surface area contributed by atoms with Gasteiger partial charge in [0.15, 0.2) is 0 Å². The summed E-state index contributed by atoms with van der Waals surface area (Å²) in [6.45, 7) is 2.52. The Morgan fingerprint density at radius 3 is 2.43 bits per heavy atom. The van der Waals surface area contributed by atoms with Crippen molar-refractivity contribution in [3.05, 3.63) is 120 Å². The predicted molar refractivity (Wildman–Crippen MR) is 185 cm³/mol. The number of hydrogen-bond donors (Lipinski definition) is 2. The fraction of sp³-hybridized carbons (Fsp3) is 0.278. The van der Waals surface area contributed by atoms with E-state index in [2.05, 4.69) is 25.5 Å². The van der Waals surface area contributed by atoms with Crippen LogP contribution in [0.3, 0.4) is 0 Å². The maximum Gasteiger partial charge on any atom is 0.437 e. The number of amides is 2. The molecule has 6 rings (SSSR count). The first kappa shape index (κ1) is 35.4. The quantitative estimate of drug-likeness (QED) is 0.163. The van der Waals surface area contributed by atoms with Crippen molar-refractivity contribution >= 4 is 29.6 Å². The van der Waals surface area contributed by atoms with Gasteiger partial charge in [0.25, 0.3) is 5.91 Å². The van der Waals surface area contributed by atoms with Crippen LogP contribution < -0.4 is 5.32 Å². The van der Waals surface area contributed by atoms with Gasteiger partial charge in [-0.15, -0.1) is 4.99 Å². The number of halogens is 3. The fourth-order valence-corrected chi connectivity index (χ4v) is 6.35. The smallest absolute Gasteiger partial charge is 0.437 e. The van der Waals surface area contributed by atoms with Gasteiger partial charge in [-0.1, -0.05) is 93.0 Å². The zero-order valence-electron chi connectivity index (χ0n) is 27.9. The molecule has 1 aliphatic rings. The summed E-state index contributed by atoms with van der Waals surface area (Å²) in [5.74, 6) is -0.609. The van der Waals surface area contributed by atoms with Crippen LogP contribution in [-0.4, -0.2) is 59.1 Å². The van der Waals surface area contributed by atoms with E-state index in [0.717, 1.165) is 5.56 Å². The maximum atomic E-state index is 15.0. The molecule has 264 valence electrons. The SMILES string of the molecule is CC(C)(C)C[C@]1(c2ccc(-c3cnn(C(F)F)c3)cc2)NC(=NC(=O)OCc2ccccc2)N([C@H](CO)c2ccc(Cl)c(-n3cncn3)c2)C1=O. The molecule has 0 spiro atoms. The molecule has 5 aromatic rings. The molecule has 15 heteroatoms. The fourth-order valence-electron chi connectivity index (χ4n) is 6.15. The lowest BCUT2D eigenvalue weighted by atomic mass is 9.75. The van der Waals surface area contributed by atoms with Crippen molar-refractivity contribution in [3.8, 4) is 16.8 Å². The van der Waals surface area contributed by atoms with Gasteiger partial charge in [0.1, 0.15) is 24.8 Å². The standard InChI is InChI=1S/C36H35ClF2N8O4/c1-35(2,3)20-36(27-12-9-24(10-13-27)26-16-41-45(17-26)32(38)39)31(49)47(33(44-36)43-34(50)51-19-23-7-5-4-6-8-23)30(18-48)25-11-14-28(37)29(15-25)46-22-40-21-42-46/h4-17,21-22,30,32,48H,18-20H2,1-3H3,(H,43,44,50)/t30-,36-/m1/s1. The van der Waals surface area contributed by atoms with Crippen molar-refractivity contribution in [2.45, 2.75) is 51.9 Å². The lowest BCUT2D eigenvalue weighted by Crippen LogP contribution is -2.47. The first-order valence-corrected chi connectivity index (χ1v) is 16.4. The molecule has 2 N–H and O–H groups in total. The lowest BCUT2D eigenvalue weighted by Gasteiger charge is -2.35. The Morgan fingerprint density at radius 1 is 1.06 bits per heavy atom. The number of aliphatic imine (C=N–C) groups is 1. The largest absolute Gasteiger partial charge is 0.443 e. The summed E-state index contributed by atoms with van der Waals surface area (Å²) < 4.78 is 33.9. The van der Waals surface area contributed by atoms with E-state index in [9.17, 15) is 18.7 Å². The molecule has 3 heterocycles. The van der Waals surface area contributed by atoms with E-state index in [4.69, 9.17) is 16.3 Å². The summed E-state index contributed by atoms with van der Waals surface area (Å²) in [5.41, 5.74) is 1.34. The molecule has 0 radical (unpaired) electrons. The number of alkyl halides is 2. The van der Waals surface area contributed by atoms with Gasteiger partial charge >= 0.3 is 12.6 Å². The van der Waals surface area contributed by atoms with Crippen molar-refractivity contribution in [2.24, 2.45) is 10.4 Å². The minimum absolute atomic E-state index is 0.0526. The number of nitrogens with one attached hydrogen (secondary N) is 1. The van der Waals surface area contributed by atoms with Gasteiger partial charge < -0.3 is 15.2 Å². The van der Waals surface area contributed by atoms with E-state index in [-0.39, 0.29) is 19.0 Å². The summed E-state index contributed by atoms with van der Waals surface area (Å²) in [4.78, 5) is 37.8. The number of guanidine groups is 1. The molecule has 2 aromatic heterocycles. The Balaban J connectivity index is 1.44. The Bertz CT molecular complexity index is 2030. The Morgan fingerprint density at radius 2 is 1.80 bits per heavy atom. The van der Waals surface area contributed by atoms with Gasteiger partial charge in [-0.05, 0) is 46.2 Å². The van der Waals surface area contributed by atoms with Crippen molar-refractivity contribution in [3.63, 3.8) is 0 Å². The number of carbonyl (C=O) groups excluding carboxylic acids is 2. The first-order valence-electron chi connectivity index (χ1n) is 16.0. The summed E-state index contributed by atoms with van der Waals surface area (Å²) >= 11 is 6.51. The normalized spacial score (nSPS) is 17.6. The second kappa shape index (κ2) is 14.4. The third-order valence-electron chi connectivity index (χ3n) is 8.35. The lowest BCUT2D eigenvalue weighted by molar-refractivity contribution is -0.134. The number of hydrogen-bond acceptors (Lipinski definition) is 7. The van der Waals surface area contributed by atoms with E-state index < -0.39 is 42.2 Å². The highest BCUT2D eigenvalue weighted by Gasteiger charge is 2.55. The number of rotatable bonds is 10. The average Bonchev–Trinajstić information content (AvgIpc) is 3.87. The highest BCUT2D eigenvalue weighted by molar-refractivity contribution is 6.32. The van der Waals surface area contributed by atoms with E-state index in [1.807, 2.05) is 39.0 Å². The molecule has 0 aliphatic carbocycles. The molecular weight excluding hydrogens is 682 g/mol. The average molecular weight is 717 g/mol. The first-order chi connectivity index (χ1) is 24.4. The second-order valence-electron chi connectivity index (χ2n) is 13.2. The number of aromatic nitrogens is 5. The zero-order chi connectivity index (χ0) is 36.3. The number of ether oxygens (including phenoxy) is 1.